The van der Waals surface area contributed by atoms with Crippen molar-refractivity contribution in [3.63, 3.8) is 0 Å². The minimum Gasteiger partial charge on any atom is -0.472 e. The summed E-state index contributed by atoms with van der Waals surface area (Å²) in [4.78, 5) is 12.6. The Morgan fingerprint density at radius 2 is 1.95 bits per heavy atom. The van der Waals surface area contributed by atoms with E-state index < -0.39 is 0 Å². The number of carbonyl (C=O) groups is 1. The van der Waals surface area contributed by atoms with Gasteiger partial charge in [0.15, 0.2) is 0 Å². The molecule has 3 rings (SSSR count). The van der Waals surface area contributed by atoms with Crippen LogP contribution in [0.5, 0.6) is 0 Å². The van der Waals surface area contributed by atoms with E-state index in [4.69, 9.17) is 4.42 Å². The molecule has 1 aromatic carbocycles. The summed E-state index contributed by atoms with van der Waals surface area (Å²) in [5, 5.41) is 4.81. The first-order chi connectivity index (χ1) is 9.83. The fraction of sp³-hybridized carbons (Fsp3) is 0.0625. The minimum absolute atomic E-state index is 0.0288. The molecule has 0 aliphatic heterocycles. The fourth-order valence-electron chi connectivity index (χ4n) is 1.92. The zero-order chi connectivity index (χ0) is 13.8. The third-order valence-electron chi connectivity index (χ3n) is 3.01. The lowest BCUT2D eigenvalue weighted by Gasteiger charge is -2.05. The number of furan rings is 1. The zero-order valence-corrected chi connectivity index (χ0v) is 11.5. The van der Waals surface area contributed by atoms with Gasteiger partial charge in [0.1, 0.15) is 0 Å². The molecule has 4 heteroatoms. The first-order valence-electron chi connectivity index (χ1n) is 6.26. The first-order valence-corrected chi connectivity index (χ1v) is 7.14. The SMILES string of the molecule is O=C(NCc1ccc(-c2ccoc2)cc1)c1cccs1. The van der Waals surface area contributed by atoms with Crippen LogP contribution in [0.1, 0.15) is 15.2 Å². The second-order valence-corrected chi connectivity index (χ2v) is 5.32. The van der Waals surface area contributed by atoms with Crippen molar-refractivity contribution in [2.45, 2.75) is 6.54 Å². The molecule has 1 N–H and O–H groups in total. The van der Waals surface area contributed by atoms with Crippen LogP contribution < -0.4 is 5.32 Å². The lowest BCUT2D eigenvalue weighted by Crippen LogP contribution is -2.21. The second kappa shape index (κ2) is 5.75. The summed E-state index contributed by atoms with van der Waals surface area (Å²) < 4.78 is 5.06. The molecule has 0 bridgehead atoms. The summed E-state index contributed by atoms with van der Waals surface area (Å²) in [6.45, 7) is 0.530. The highest BCUT2D eigenvalue weighted by Crippen LogP contribution is 2.20. The molecular formula is C16H13NO2S. The van der Waals surface area contributed by atoms with Crippen molar-refractivity contribution in [3.05, 3.63) is 70.8 Å². The molecule has 0 atom stereocenters. The average molecular weight is 283 g/mol. The molecule has 0 fully saturated rings. The van der Waals surface area contributed by atoms with Crippen molar-refractivity contribution in [3.8, 4) is 11.1 Å². The minimum atomic E-state index is -0.0288. The molecule has 0 saturated carbocycles. The van der Waals surface area contributed by atoms with Crippen molar-refractivity contribution in [2.24, 2.45) is 0 Å². The average Bonchev–Trinajstić information content (AvgIpc) is 3.18. The Labute approximate surface area is 120 Å². The number of thiophene rings is 1. The van der Waals surface area contributed by atoms with E-state index in [1.165, 1.54) is 11.3 Å². The van der Waals surface area contributed by atoms with Gasteiger partial charge < -0.3 is 9.73 Å². The molecule has 0 unspecified atom stereocenters. The molecule has 0 spiro atoms. The summed E-state index contributed by atoms with van der Waals surface area (Å²) in [5.41, 5.74) is 3.23. The Morgan fingerprint density at radius 1 is 1.10 bits per heavy atom. The fourth-order valence-corrected chi connectivity index (χ4v) is 2.56. The summed E-state index contributed by atoms with van der Waals surface area (Å²) in [7, 11) is 0. The van der Waals surface area contributed by atoms with Gasteiger partial charge in [-0.1, -0.05) is 30.3 Å². The maximum absolute atomic E-state index is 11.8. The number of carbonyl (C=O) groups excluding carboxylic acids is 1. The van der Waals surface area contributed by atoms with E-state index in [0.29, 0.717) is 6.54 Å². The molecule has 0 aliphatic carbocycles. The molecule has 20 heavy (non-hydrogen) atoms. The van der Waals surface area contributed by atoms with Crippen LogP contribution in [-0.4, -0.2) is 5.91 Å². The maximum atomic E-state index is 11.8. The lowest BCUT2D eigenvalue weighted by molar-refractivity contribution is 0.0955. The quantitative estimate of drug-likeness (QED) is 0.788. The van der Waals surface area contributed by atoms with Gasteiger partial charge in [0.25, 0.3) is 5.91 Å². The number of amides is 1. The first kappa shape index (κ1) is 12.7. The van der Waals surface area contributed by atoms with Crippen molar-refractivity contribution in [2.75, 3.05) is 0 Å². The van der Waals surface area contributed by atoms with E-state index in [2.05, 4.69) is 5.32 Å². The number of hydrogen-bond donors (Lipinski definition) is 1. The number of hydrogen-bond acceptors (Lipinski definition) is 3. The van der Waals surface area contributed by atoms with Crippen LogP contribution >= 0.6 is 11.3 Å². The van der Waals surface area contributed by atoms with E-state index in [-0.39, 0.29) is 5.91 Å². The molecular weight excluding hydrogens is 270 g/mol. The third-order valence-corrected chi connectivity index (χ3v) is 3.88. The zero-order valence-electron chi connectivity index (χ0n) is 10.7. The number of benzene rings is 1. The van der Waals surface area contributed by atoms with Crippen molar-refractivity contribution < 1.29 is 9.21 Å². The predicted molar refractivity (Wildman–Crippen MR) is 79.6 cm³/mol. The summed E-state index contributed by atoms with van der Waals surface area (Å²) >= 11 is 1.44. The molecule has 0 saturated heterocycles. The number of nitrogens with one attached hydrogen (secondary N) is 1. The van der Waals surface area contributed by atoms with Crippen LogP contribution in [-0.2, 0) is 6.54 Å². The third kappa shape index (κ3) is 2.81. The van der Waals surface area contributed by atoms with Crippen molar-refractivity contribution in [1.29, 1.82) is 0 Å². The summed E-state index contributed by atoms with van der Waals surface area (Å²) in [6, 6.07) is 13.7. The van der Waals surface area contributed by atoms with Gasteiger partial charge >= 0.3 is 0 Å². The van der Waals surface area contributed by atoms with Gasteiger partial charge in [0, 0.05) is 12.1 Å². The normalized spacial score (nSPS) is 10.4. The second-order valence-electron chi connectivity index (χ2n) is 4.37. The van der Waals surface area contributed by atoms with Crippen LogP contribution in [0.3, 0.4) is 0 Å². The lowest BCUT2D eigenvalue weighted by atomic mass is 10.1. The van der Waals surface area contributed by atoms with Gasteiger partial charge in [-0.25, -0.2) is 0 Å². The van der Waals surface area contributed by atoms with Crippen LogP contribution in [0.4, 0.5) is 0 Å². The largest absolute Gasteiger partial charge is 0.472 e. The van der Waals surface area contributed by atoms with Gasteiger partial charge in [-0.15, -0.1) is 11.3 Å². The molecule has 3 nitrogen and oxygen atoms in total. The Morgan fingerprint density at radius 3 is 2.60 bits per heavy atom. The Hall–Kier alpha value is -2.33. The van der Waals surface area contributed by atoms with E-state index in [1.807, 2.05) is 47.8 Å². The smallest absolute Gasteiger partial charge is 0.261 e. The van der Waals surface area contributed by atoms with E-state index in [1.54, 1.807) is 12.5 Å². The van der Waals surface area contributed by atoms with Crippen LogP contribution in [0, 0.1) is 0 Å². The molecule has 0 aliphatic rings. The molecule has 3 aromatic rings. The van der Waals surface area contributed by atoms with E-state index >= 15 is 0 Å². The summed E-state index contributed by atoms with van der Waals surface area (Å²) in [6.07, 6.45) is 3.37. The Kier molecular flexibility index (Phi) is 3.65. The monoisotopic (exact) mass is 283 g/mol. The highest BCUT2D eigenvalue weighted by atomic mass is 32.1. The van der Waals surface area contributed by atoms with Crippen LogP contribution in [0.25, 0.3) is 11.1 Å². The molecule has 2 heterocycles. The molecule has 0 radical (unpaired) electrons. The molecule has 100 valence electrons. The van der Waals surface area contributed by atoms with Gasteiger partial charge in [-0.05, 0) is 28.6 Å². The number of rotatable bonds is 4. The van der Waals surface area contributed by atoms with Crippen molar-refractivity contribution in [1.82, 2.24) is 5.32 Å². The highest BCUT2D eigenvalue weighted by molar-refractivity contribution is 7.12. The van der Waals surface area contributed by atoms with Gasteiger partial charge in [0.05, 0.1) is 17.4 Å². The predicted octanol–water partition coefficient (Wildman–Crippen LogP) is 3.94. The van der Waals surface area contributed by atoms with Gasteiger partial charge in [0.2, 0.25) is 0 Å². The molecule has 2 aromatic heterocycles. The van der Waals surface area contributed by atoms with Gasteiger partial charge in [-0.2, -0.15) is 0 Å². The Bertz CT molecular complexity index is 670. The Balaban J connectivity index is 1.63. The van der Waals surface area contributed by atoms with Crippen LogP contribution in [0.15, 0.2) is 64.8 Å². The van der Waals surface area contributed by atoms with Gasteiger partial charge in [-0.3, -0.25) is 4.79 Å². The molecule has 1 amide bonds. The topological polar surface area (TPSA) is 42.2 Å². The highest BCUT2D eigenvalue weighted by Gasteiger charge is 2.05. The van der Waals surface area contributed by atoms with Crippen molar-refractivity contribution >= 4 is 17.2 Å². The maximum Gasteiger partial charge on any atom is 0.261 e. The standard InChI is InChI=1S/C16H13NO2S/c18-16(15-2-1-9-20-15)17-10-12-3-5-13(6-4-12)14-7-8-19-11-14/h1-9,11H,10H2,(H,17,18). The van der Waals surface area contributed by atoms with E-state index in [0.717, 1.165) is 21.6 Å². The van der Waals surface area contributed by atoms with E-state index in [9.17, 15) is 4.79 Å². The summed E-state index contributed by atoms with van der Waals surface area (Å²) in [5.74, 6) is -0.0288. The van der Waals surface area contributed by atoms with Crippen LogP contribution in [0.2, 0.25) is 0 Å².